The summed E-state index contributed by atoms with van der Waals surface area (Å²) >= 11 is 1.83. The highest BCUT2D eigenvalue weighted by Crippen LogP contribution is 2.17. The Labute approximate surface area is 103 Å². The van der Waals surface area contributed by atoms with Crippen molar-refractivity contribution in [2.24, 2.45) is 16.8 Å². The van der Waals surface area contributed by atoms with Gasteiger partial charge in [-0.2, -0.15) is 0 Å². The first-order chi connectivity index (χ1) is 7.63. The van der Waals surface area contributed by atoms with Gasteiger partial charge in [0.25, 0.3) is 0 Å². The number of aliphatic imine (C=N–C) groups is 1. The van der Waals surface area contributed by atoms with Crippen molar-refractivity contribution in [1.29, 1.82) is 0 Å². The number of hydrogen-bond acceptors (Lipinski definition) is 4. The Hall–Kier alpha value is -0.220. The lowest BCUT2D eigenvalue weighted by atomic mass is 10.1. The molecule has 0 aromatic carbocycles. The molecule has 0 saturated carbocycles. The zero-order chi connectivity index (χ0) is 12.0. The summed E-state index contributed by atoms with van der Waals surface area (Å²) in [4.78, 5) is 4.55. The molecule has 1 heterocycles. The zero-order valence-electron chi connectivity index (χ0n) is 10.8. The van der Waals surface area contributed by atoms with Gasteiger partial charge in [0, 0.05) is 18.9 Å². The second-order valence-electron chi connectivity index (χ2n) is 4.72. The van der Waals surface area contributed by atoms with E-state index in [0.29, 0.717) is 17.9 Å². The van der Waals surface area contributed by atoms with Crippen LogP contribution >= 0.6 is 11.8 Å². The number of thioether (sulfide) groups is 1. The average Bonchev–Trinajstić information content (AvgIpc) is 2.26. The van der Waals surface area contributed by atoms with Crippen LogP contribution in [-0.4, -0.2) is 36.7 Å². The third-order valence-corrected chi connectivity index (χ3v) is 3.92. The molecule has 0 bridgehead atoms. The number of ether oxygens (including phenoxy) is 1. The van der Waals surface area contributed by atoms with Crippen molar-refractivity contribution < 1.29 is 4.74 Å². The zero-order valence-corrected chi connectivity index (χ0v) is 11.6. The standard InChI is InChI=1S/C12H24N2OS/c1-5-15-7-11(9(2)3)14-12-13-6-10(4)8-16-12/h9-11H,5-8H2,1-4H3,(H,13,14). The van der Waals surface area contributed by atoms with E-state index in [1.807, 2.05) is 18.7 Å². The van der Waals surface area contributed by atoms with Gasteiger partial charge in [-0.05, 0) is 18.8 Å². The normalized spacial score (nSPS) is 23.1. The molecule has 0 aromatic rings. The quantitative estimate of drug-likeness (QED) is 0.806. The van der Waals surface area contributed by atoms with E-state index in [2.05, 4.69) is 31.1 Å². The molecule has 94 valence electrons. The minimum absolute atomic E-state index is 0.375. The second kappa shape index (κ2) is 7.17. The molecular formula is C12H24N2OS. The van der Waals surface area contributed by atoms with E-state index >= 15 is 0 Å². The van der Waals surface area contributed by atoms with E-state index in [-0.39, 0.29) is 0 Å². The van der Waals surface area contributed by atoms with E-state index in [1.165, 1.54) is 5.75 Å². The predicted octanol–water partition coefficient (Wildman–Crippen LogP) is 2.38. The van der Waals surface area contributed by atoms with Gasteiger partial charge in [-0.1, -0.05) is 32.5 Å². The predicted molar refractivity (Wildman–Crippen MR) is 72.2 cm³/mol. The number of hydrogen-bond donors (Lipinski definition) is 1. The van der Waals surface area contributed by atoms with E-state index < -0.39 is 0 Å². The topological polar surface area (TPSA) is 33.6 Å². The third-order valence-electron chi connectivity index (χ3n) is 2.67. The van der Waals surface area contributed by atoms with Gasteiger partial charge < -0.3 is 10.1 Å². The molecule has 1 N–H and O–H groups in total. The molecule has 0 amide bonds. The smallest absolute Gasteiger partial charge is 0.156 e. The van der Waals surface area contributed by atoms with Gasteiger partial charge in [0.15, 0.2) is 5.17 Å². The van der Waals surface area contributed by atoms with Crippen LogP contribution in [0.4, 0.5) is 0 Å². The molecule has 0 spiro atoms. The molecule has 2 atom stereocenters. The highest BCUT2D eigenvalue weighted by molar-refractivity contribution is 8.13. The Morgan fingerprint density at radius 3 is 2.81 bits per heavy atom. The Morgan fingerprint density at radius 2 is 2.31 bits per heavy atom. The Balaban J connectivity index is 2.41. The molecular weight excluding hydrogens is 220 g/mol. The number of nitrogens with zero attached hydrogens (tertiary/aromatic N) is 1. The number of nitrogens with one attached hydrogen (secondary N) is 1. The van der Waals surface area contributed by atoms with Gasteiger partial charge in [0.2, 0.25) is 0 Å². The van der Waals surface area contributed by atoms with E-state index in [1.54, 1.807) is 0 Å². The average molecular weight is 244 g/mol. The van der Waals surface area contributed by atoms with Crippen molar-refractivity contribution in [2.75, 3.05) is 25.5 Å². The van der Waals surface area contributed by atoms with Crippen LogP contribution in [0.3, 0.4) is 0 Å². The van der Waals surface area contributed by atoms with Crippen LogP contribution < -0.4 is 5.32 Å². The first-order valence-corrected chi connectivity index (χ1v) is 7.13. The Bertz CT molecular complexity index is 231. The van der Waals surface area contributed by atoms with E-state index in [4.69, 9.17) is 4.74 Å². The van der Waals surface area contributed by atoms with Crippen molar-refractivity contribution in [3.63, 3.8) is 0 Å². The highest BCUT2D eigenvalue weighted by atomic mass is 32.2. The molecule has 2 unspecified atom stereocenters. The van der Waals surface area contributed by atoms with Crippen LogP contribution in [0.2, 0.25) is 0 Å². The molecule has 4 heteroatoms. The Morgan fingerprint density at radius 1 is 1.56 bits per heavy atom. The molecule has 0 radical (unpaired) electrons. The monoisotopic (exact) mass is 244 g/mol. The number of amidine groups is 1. The van der Waals surface area contributed by atoms with Crippen LogP contribution in [0.15, 0.2) is 4.99 Å². The van der Waals surface area contributed by atoms with Gasteiger partial charge in [-0.15, -0.1) is 0 Å². The van der Waals surface area contributed by atoms with Crippen LogP contribution in [-0.2, 0) is 4.74 Å². The van der Waals surface area contributed by atoms with Crippen molar-refractivity contribution in [1.82, 2.24) is 5.32 Å². The number of rotatable bonds is 5. The van der Waals surface area contributed by atoms with Crippen molar-refractivity contribution in [2.45, 2.75) is 33.7 Å². The summed E-state index contributed by atoms with van der Waals surface area (Å²) in [5.74, 6) is 2.44. The minimum Gasteiger partial charge on any atom is -0.380 e. The molecule has 0 aromatic heterocycles. The van der Waals surface area contributed by atoms with Gasteiger partial charge in [-0.3, -0.25) is 4.99 Å². The Kier molecular flexibility index (Phi) is 6.21. The summed E-state index contributed by atoms with van der Waals surface area (Å²) < 4.78 is 5.49. The maximum absolute atomic E-state index is 5.49. The lowest BCUT2D eigenvalue weighted by Gasteiger charge is -2.26. The maximum Gasteiger partial charge on any atom is 0.156 e. The largest absolute Gasteiger partial charge is 0.380 e. The third kappa shape index (κ3) is 4.74. The van der Waals surface area contributed by atoms with Crippen LogP contribution in [0.1, 0.15) is 27.7 Å². The summed E-state index contributed by atoms with van der Waals surface area (Å²) in [6.45, 7) is 11.2. The molecule has 1 rings (SSSR count). The lowest BCUT2D eigenvalue weighted by Crippen LogP contribution is -2.42. The molecule has 16 heavy (non-hydrogen) atoms. The van der Waals surface area contributed by atoms with Crippen LogP contribution in [0, 0.1) is 11.8 Å². The summed E-state index contributed by atoms with van der Waals surface area (Å²) in [5.41, 5.74) is 0. The second-order valence-corrected chi connectivity index (χ2v) is 5.73. The fourth-order valence-electron chi connectivity index (χ4n) is 1.45. The van der Waals surface area contributed by atoms with Gasteiger partial charge in [-0.25, -0.2) is 0 Å². The van der Waals surface area contributed by atoms with Gasteiger partial charge in [0.05, 0.1) is 12.6 Å². The van der Waals surface area contributed by atoms with Crippen molar-refractivity contribution >= 4 is 16.9 Å². The summed E-state index contributed by atoms with van der Waals surface area (Å²) in [6.07, 6.45) is 0. The first kappa shape index (κ1) is 13.8. The minimum atomic E-state index is 0.375. The summed E-state index contributed by atoms with van der Waals surface area (Å²) in [6, 6.07) is 0.375. The molecule has 0 saturated heterocycles. The lowest BCUT2D eigenvalue weighted by molar-refractivity contribution is 0.115. The molecule has 0 aliphatic carbocycles. The molecule has 1 aliphatic heterocycles. The van der Waals surface area contributed by atoms with Crippen molar-refractivity contribution in [3.05, 3.63) is 0 Å². The van der Waals surface area contributed by atoms with Gasteiger partial charge >= 0.3 is 0 Å². The van der Waals surface area contributed by atoms with E-state index in [0.717, 1.165) is 24.9 Å². The molecule has 0 fully saturated rings. The van der Waals surface area contributed by atoms with E-state index in [9.17, 15) is 0 Å². The first-order valence-electron chi connectivity index (χ1n) is 6.15. The summed E-state index contributed by atoms with van der Waals surface area (Å²) in [5, 5.41) is 4.59. The van der Waals surface area contributed by atoms with Crippen LogP contribution in [0.5, 0.6) is 0 Å². The summed E-state index contributed by atoms with van der Waals surface area (Å²) in [7, 11) is 0. The van der Waals surface area contributed by atoms with Crippen molar-refractivity contribution in [3.8, 4) is 0 Å². The highest BCUT2D eigenvalue weighted by Gasteiger charge is 2.18. The molecule has 3 nitrogen and oxygen atoms in total. The SMILES string of the molecule is CCOCC(NC1=NCC(C)CS1)C(C)C. The fraction of sp³-hybridized carbons (Fsp3) is 0.917. The van der Waals surface area contributed by atoms with Crippen LogP contribution in [0.25, 0.3) is 0 Å². The fourth-order valence-corrected chi connectivity index (χ4v) is 2.40. The maximum atomic E-state index is 5.49. The molecule has 1 aliphatic rings. The van der Waals surface area contributed by atoms with Gasteiger partial charge in [0.1, 0.15) is 0 Å².